The number of aromatic amines is 1. The summed E-state index contributed by atoms with van der Waals surface area (Å²) in [5.41, 5.74) is 2.15. The molecule has 2 aromatic heterocycles. The number of aromatic nitrogens is 3. The fraction of sp³-hybridized carbons (Fsp3) is 0.278. The fourth-order valence-electron chi connectivity index (χ4n) is 2.86. The number of hydrogen-bond donors (Lipinski definition) is 1. The largest absolute Gasteiger partial charge is 0.459 e. The Balaban J connectivity index is 1.63. The van der Waals surface area contributed by atoms with Crippen molar-refractivity contribution >= 4 is 16.7 Å². The van der Waals surface area contributed by atoms with Gasteiger partial charge in [-0.15, -0.1) is 0 Å². The molecule has 7 nitrogen and oxygen atoms in total. The molecule has 0 atom stereocenters. The third-order valence-corrected chi connectivity index (χ3v) is 4.11. The Morgan fingerprint density at radius 3 is 2.80 bits per heavy atom. The summed E-state index contributed by atoms with van der Waals surface area (Å²) in [7, 11) is 0. The van der Waals surface area contributed by atoms with Gasteiger partial charge in [-0.05, 0) is 5.56 Å². The molecule has 0 aliphatic carbocycles. The summed E-state index contributed by atoms with van der Waals surface area (Å²) in [5, 5.41) is 0.800. The van der Waals surface area contributed by atoms with E-state index in [4.69, 9.17) is 9.47 Å². The molecule has 0 saturated carbocycles. The number of nitrogens with one attached hydrogen (secondary N) is 1. The Kier molecular flexibility index (Phi) is 4.30. The molecule has 1 aliphatic rings. The van der Waals surface area contributed by atoms with Crippen LogP contribution in [0.3, 0.4) is 0 Å². The van der Waals surface area contributed by atoms with Gasteiger partial charge in [-0.1, -0.05) is 30.3 Å². The van der Waals surface area contributed by atoms with Crippen LogP contribution >= 0.6 is 0 Å². The number of nitrogens with zero attached hydrogens (tertiary/aromatic N) is 3. The number of hydrogen-bond acceptors (Lipinski definition) is 6. The summed E-state index contributed by atoms with van der Waals surface area (Å²) in [6.45, 7) is 3.15. The van der Waals surface area contributed by atoms with Crippen LogP contribution in [0.25, 0.3) is 11.0 Å². The van der Waals surface area contributed by atoms with Gasteiger partial charge in [0.15, 0.2) is 0 Å². The van der Waals surface area contributed by atoms with Gasteiger partial charge in [0.2, 0.25) is 0 Å². The minimum atomic E-state index is -0.193. The average Bonchev–Trinajstić information content (AvgIpc) is 2.67. The Labute approximate surface area is 144 Å². The van der Waals surface area contributed by atoms with Crippen LogP contribution in [0.4, 0.5) is 5.69 Å². The van der Waals surface area contributed by atoms with E-state index in [0.717, 1.165) is 29.7 Å². The van der Waals surface area contributed by atoms with Crippen molar-refractivity contribution in [2.75, 3.05) is 31.2 Å². The highest BCUT2D eigenvalue weighted by Gasteiger charge is 2.16. The summed E-state index contributed by atoms with van der Waals surface area (Å²) < 4.78 is 11.0. The number of rotatable bonds is 4. The molecule has 0 spiro atoms. The monoisotopic (exact) mass is 338 g/mol. The zero-order valence-electron chi connectivity index (χ0n) is 13.6. The second kappa shape index (κ2) is 6.90. The molecule has 7 heteroatoms. The fourth-order valence-corrected chi connectivity index (χ4v) is 2.86. The maximum atomic E-state index is 12.0. The lowest BCUT2D eigenvalue weighted by atomic mass is 10.2. The summed E-state index contributed by atoms with van der Waals surface area (Å²) >= 11 is 0. The first kappa shape index (κ1) is 15.6. The van der Waals surface area contributed by atoms with Gasteiger partial charge in [0.25, 0.3) is 5.56 Å². The Morgan fingerprint density at radius 1 is 1.20 bits per heavy atom. The van der Waals surface area contributed by atoms with Crippen molar-refractivity contribution in [1.29, 1.82) is 0 Å². The molecule has 1 N–H and O–H groups in total. The number of morpholine rings is 1. The van der Waals surface area contributed by atoms with E-state index in [9.17, 15) is 4.79 Å². The van der Waals surface area contributed by atoms with Gasteiger partial charge in [-0.25, -0.2) is 4.98 Å². The lowest BCUT2D eigenvalue weighted by Gasteiger charge is -2.29. The van der Waals surface area contributed by atoms with Crippen molar-refractivity contribution < 1.29 is 9.47 Å². The van der Waals surface area contributed by atoms with E-state index in [-0.39, 0.29) is 11.6 Å². The molecule has 1 aromatic carbocycles. The number of benzene rings is 1. The van der Waals surface area contributed by atoms with Crippen LogP contribution in [-0.2, 0) is 11.3 Å². The van der Waals surface area contributed by atoms with Crippen LogP contribution in [0.5, 0.6) is 6.01 Å². The maximum absolute atomic E-state index is 12.0. The van der Waals surface area contributed by atoms with Gasteiger partial charge in [-0.2, -0.15) is 4.98 Å². The van der Waals surface area contributed by atoms with E-state index in [1.54, 1.807) is 12.3 Å². The van der Waals surface area contributed by atoms with Crippen LogP contribution < -0.4 is 15.2 Å². The Bertz CT molecular complexity index is 921. The third-order valence-electron chi connectivity index (χ3n) is 4.11. The van der Waals surface area contributed by atoms with E-state index in [1.165, 1.54) is 0 Å². The molecular weight excluding hydrogens is 320 g/mol. The van der Waals surface area contributed by atoms with Crippen LogP contribution in [0.2, 0.25) is 0 Å². The molecule has 3 aromatic rings. The number of anilines is 1. The van der Waals surface area contributed by atoms with Crippen molar-refractivity contribution in [1.82, 2.24) is 15.0 Å². The number of ether oxygens (including phenoxy) is 2. The van der Waals surface area contributed by atoms with Crippen molar-refractivity contribution in [3.63, 3.8) is 0 Å². The van der Waals surface area contributed by atoms with Crippen molar-refractivity contribution in [2.24, 2.45) is 0 Å². The minimum Gasteiger partial charge on any atom is -0.459 e. The Morgan fingerprint density at radius 2 is 2.00 bits per heavy atom. The molecule has 0 amide bonds. The first-order valence-corrected chi connectivity index (χ1v) is 8.19. The van der Waals surface area contributed by atoms with Gasteiger partial charge < -0.3 is 19.4 Å². The lowest BCUT2D eigenvalue weighted by Crippen LogP contribution is -2.37. The van der Waals surface area contributed by atoms with E-state index in [1.807, 2.05) is 30.3 Å². The number of pyridine rings is 1. The van der Waals surface area contributed by atoms with Gasteiger partial charge in [0, 0.05) is 25.4 Å². The highest BCUT2D eigenvalue weighted by molar-refractivity contribution is 5.88. The molecule has 1 fully saturated rings. The normalized spacial score (nSPS) is 14.6. The van der Waals surface area contributed by atoms with E-state index in [2.05, 4.69) is 19.9 Å². The molecule has 0 bridgehead atoms. The molecule has 4 rings (SSSR count). The van der Waals surface area contributed by atoms with E-state index < -0.39 is 0 Å². The predicted molar refractivity (Wildman–Crippen MR) is 94.0 cm³/mol. The first-order chi connectivity index (χ1) is 12.3. The van der Waals surface area contributed by atoms with Gasteiger partial charge in [0.05, 0.1) is 24.3 Å². The second-order valence-electron chi connectivity index (χ2n) is 5.81. The van der Waals surface area contributed by atoms with Crippen LogP contribution in [-0.4, -0.2) is 41.3 Å². The molecule has 3 heterocycles. The van der Waals surface area contributed by atoms with Crippen LogP contribution in [0.15, 0.2) is 47.4 Å². The zero-order valence-corrected chi connectivity index (χ0v) is 13.6. The van der Waals surface area contributed by atoms with Crippen molar-refractivity contribution in [3.05, 3.63) is 58.5 Å². The standard InChI is InChI=1S/C18H18N4O3/c23-16-10-15(22-6-8-24-9-7-22)14-11-19-18(21-17(14)20-16)25-12-13-4-2-1-3-5-13/h1-5,10-11H,6-9,12H2,(H,19,20,21,23). The molecule has 0 unspecified atom stereocenters. The first-order valence-electron chi connectivity index (χ1n) is 8.19. The quantitative estimate of drug-likeness (QED) is 0.780. The molecule has 1 aliphatic heterocycles. The van der Waals surface area contributed by atoms with Crippen molar-refractivity contribution in [2.45, 2.75) is 6.61 Å². The van der Waals surface area contributed by atoms with Gasteiger partial charge >= 0.3 is 6.01 Å². The maximum Gasteiger partial charge on any atom is 0.318 e. The zero-order chi connectivity index (χ0) is 17.1. The lowest BCUT2D eigenvalue weighted by molar-refractivity contribution is 0.123. The Hall–Kier alpha value is -2.93. The SMILES string of the molecule is O=c1cc(N2CCOCC2)c2cnc(OCc3ccccc3)nc2[nH]1. The van der Waals surface area contributed by atoms with Gasteiger partial charge in [-0.3, -0.25) is 4.79 Å². The predicted octanol–water partition coefficient (Wildman–Crippen LogP) is 1.73. The topological polar surface area (TPSA) is 80.3 Å². The van der Waals surface area contributed by atoms with Crippen LogP contribution in [0, 0.1) is 0 Å². The highest BCUT2D eigenvalue weighted by Crippen LogP contribution is 2.24. The smallest absolute Gasteiger partial charge is 0.318 e. The highest BCUT2D eigenvalue weighted by atomic mass is 16.5. The molecule has 128 valence electrons. The average molecular weight is 338 g/mol. The molecular formula is C18H18N4O3. The molecule has 25 heavy (non-hydrogen) atoms. The second-order valence-corrected chi connectivity index (χ2v) is 5.81. The molecule has 1 saturated heterocycles. The molecule has 0 radical (unpaired) electrons. The number of fused-ring (bicyclic) bond motifs is 1. The summed E-state index contributed by atoms with van der Waals surface area (Å²) in [6, 6.07) is 11.6. The van der Waals surface area contributed by atoms with E-state index in [0.29, 0.717) is 25.5 Å². The number of H-pyrrole nitrogens is 1. The van der Waals surface area contributed by atoms with Crippen LogP contribution in [0.1, 0.15) is 5.56 Å². The van der Waals surface area contributed by atoms with E-state index >= 15 is 0 Å². The van der Waals surface area contributed by atoms with Crippen molar-refractivity contribution in [3.8, 4) is 6.01 Å². The minimum absolute atomic E-state index is 0.193. The summed E-state index contributed by atoms with van der Waals surface area (Å²) in [4.78, 5) is 25.6. The van der Waals surface area contributed by atoms with Gasteiger partial charge in [0.1, 0.15) is 12.3 Å². The summed E-state index contributed by atoms with van der Waals surface area (Å²) in [5.74, 6) is 0. The summed E-state index contributed by atoms with van der Waals surface area (Å²) in [6.07, 6.45) is 1.70. The third kappa shape index (κ3) is 3.46.